The second kappa shape index (κ2) is 9.04. The van der Waals surface area contributed by atoms with E-state index in [0.29, 0.717) is 16.9 Å². The summed E-state index contributed by atoms with van der Waals surface area (Å²) in [5.74, 6) is 4.92. The summed E-state index contributed by atoms with van der Waals surface area (Å²) in [6.45, 7) is 2.90. The first-order valence-corrected chi connectivity index (χ1v) is 7.96. The molecule has 3 amide bonds. The van der Waals surface area contributed by atoms with Gasteiger partial charge in [0.2, 0.25) is 11.8 Å². The summed E-state index contributed by atoms with van der Waals surface area (Å²) in [7, 11) is 0. The zero-order valence-corrected chi connectivity index (χ0v) is 14.6. The Morgan fingerprint density at radius 3 is 2.00 bits per heavy atom. The van der Waals surface area contributed by atoms with Gasteiger partial charge in [0.15, 0.2) is 0 Å². The maximum absolute atomic E-state index is 12.3. The van der Waals surface area contributed by atoms with Gasteiger partial charge in [-0.25, -0.2) is 0 Å². The fourth-order valence-corrected chi connectivity index (χ4v) is 2.20. The van der Waals surface area contributed by atoms with Crippen LogP contribution < -0.4 is 16.0 Å². The molecule has 0 unspecified atom stereocenters. The summed E-state index contributed by atoms with van der Waals surface area (Å²) in [6.07, 6.45) is 0. The minimum absolute atomic E-state index is 0.174. The van der Waals surface area contributed by atoms with E-state index in [1.165, 1.54) is 26.0 Å². The normalized spacial score (nSPS) is 9.46. The van der Waals surface area contributed by atoms with Gasteiger partial charge in [-0.1, -0.05) is 30.0 Å². The maximum Gasteiger partial charge on any atom is 0.252 e. The fraction of sp³-hybridized carbons (Fsp3) is 0.150. The lowest BCUT2D eigenvalue weighted by molar-refractivity contribution is -0.115. The van der Waals surface area contributed by atoms with E-state index in [4.69, 9.17) is 0 Å². The third kappa shape index (κ3) is 6.13. The average Bonchev–Trinajstić information content (AvgIpc) is 2.58. The van der Waals surface area contributed by atoms with Crippen LogP contribution in [0.4, 0.5) is 11.4 Å². The monoisotopic (exact) mass is 349 g/mol. The van der Waals surface area contributed by atoms with E-state index in [0.717, 1.165) is 5.56 Å². The molecule has 6 heteroatoms. The molecule has 2 aromatic carbocycles. The zero-order chi connectivity index (χ0) is 18.9. The summed E-state index contributed by atoms with van der Waals surface area (Å²) < 4.78 is 0. The molecule has 0 spiro atoms. The lowest BCUT2D eigenvalue weighted by Gasteiger charge is -2.10. The van der Waals surface area contributed by atoms with E-state index in [9.17, 15) is 14.4 Å². The van der Waals surface area contributed by atoms with Gasteiger partial charge in [-0.15, -0.1) is 0 Å². The van der Waals surface area contributed by atoms with Crippen LogP contribution in [0.25, 0.3) is 0 Å². The van der Waals surface area contributed by atoms with Gasteiger partial charge < -0.3 is 16.0 Å². The van der Waals surface area contributed by atoms with E-state index in [2.05, 4.69) is 27.8 Å². The highest BCUT2D eigenvalue weighted by Gasteiger charge is 2.10. The van der Waals surface area contributed by atoms with Crippen molar-refractivity contribution in [3.05, 3.63) is 59.7 Å². The first-order chi connectivity index (χ1) is 12.4. The smallest absolute Gasteiger partial charge is 0.252 e. The Balaban J connectivity index is 2.10. The second-order valence-electron chi connectivity index (χ2n) is 5.51. The highest BCUT2D eigenvalue weighted by atomic mass is 16.2. The molecule has 0 aliphatic carbocycles. The number of nitrogens with one attached hydrogen (secondary N) is 3. The third-order valence-corrected chi connectivity index (χ3v) is 3.18. The van der Waals surface area contributed by atoms with Crippen molar-refractivity contribution in [2.75, 3.05) is 17.2 Å². The number of benzene rings is 2. The first-order valence-electron chi connectivity index (χ1n) is 7.96. The van der Waals surface area contributed by atoms with Crippen LogP contribution in [-0.4, -0.2) is 24.3 Å². The molecule has 26 heavy (non-hydrogen) atoms. The summed E-state index contributed by atoms with van der Waals surface area (Å²) >= 11 is 0. The Hall–Kier alpha value is -3.59. The molecular weight excluding hydrogens is 330 g/mol. The lowest BCUT2D eigenvalue weighted by atomic mass is 10.1. The van der Waals surface area contributed by atoms with Crippen molar-refractivity contribution in [1.82, 2.24) is 5.32 Å². The molecule has 0 bridgehead atoms. The Bertz CT molecular complexity index is 846. The molecule has 3 N–H and O–H groups in total. The van der Waals surface area contributed by atoms with E-state index in [1.54, 1.807) is 6.07 Å². The van der Waals surface area contributed by atoms with Crippen LogP contribution in [0.3, 0.4) is 0 Å². The zero-order valence-electron chi connectivity index (χ0n) is 14.6. The van der Waals surface area contributed by atoms with Crippen molar-refractivity contribution >= 4 is 29.1 Å². The minimum atomic E-state index is -0.355. The van der Waals surface area contributed by atoms with Gasteiger partial charge in [-0.3, -0.25) is 14.4 Å². The van der Waals surface area contributed by atoms with Crippen LogP contribution in [0.15, 0.2) is 48.5 Å². The van der Waals surface area contributed by atoms with Crippen molar-refractivity contribution in [3.8, 4) is 11.8 Å². The van der Waals surface area contributed by atoms with E-state index >= 15 is 0 Å². The first kappa shape index (κ1) is 18.7. The van der Waals surface area contributed by atoms with E-state index < -0.39 is 0 Å². The van der Waals surface area contributed by atoms with Crippen LogP contribution >= 0.6 is 0 Å². The highest BCUT2D eigenvalue weighted by molar-refractivity contribution is 6.00. The minimum Gasteiger partial charge on any atom is -0.341 e. The summed E-state index contributed by atoms with van der Waals surface area (Å²) in [5, 5.41) is 7.90. The molecular formula is C20H19N3O3. The quantitative estimate of drug-likeness (QED) is 0.741. The van der Waals surface area contributed by atoms with Crippen molar-refractivity contribution in [2.24, 2.45) is 0 Å². The maximum atomic E-state index is 12.3. The Labute approximate surface area is 152 Å². The molecule has 0 aliphatic rings. The summed E-state index contributed by atoms with van der Waals surface area (Å²) in [5.41, 5.74) is 2.01. The number of hydrogen-bond acceptors (Lipinski definition) is 3. The molecule has 0 aromatic heterocycles. The van der Waals surface area contributed by atoms with Gasteiger partial charge in [0.05, 0.1) is 6.54 Å². The number of amides is 3. The molecule has 0 saturated carbocycles. The fourth-order valence-electron chi connectivity index (χ4n) is 2.20. The standard InChI is InChI=1S/C20H19N3O3/c1-14(24)22-18-11-17(12-19(13-18)23-15(2)25)20(26)21-10-6-9-16-7-4-3-5-8-16/h3-5,7-8,11-13H,10H2,1-2H3,(H,21,26)(H,22,24)(H,23,25). The van der Waals surface area contributed by atoms with Gasteiger partial charge >= 0.3 is 0 Å². The average molecular weight is 349 g/mol. The number of hydrogen-bond donors (Lipinski definition) is 3. The van der Waals surface area contributed by atoms with E-state index in [1.807, 2.05) is 30.3 Å². The lowest BCUT2D eigenvalue weighted by Crippen LogP contribution is -2.24. The number of carbonyl (C=O) groups excluding carboxylic acids is 3. The Morgan fingerprint density at radius 1 is 0.885 bits per heavy atom. The number of carbonyl (C=O) groups is 3. The topological polar surface area (TPSA) is 87.3 Å². The molecule has 0 fully saturated rings. The van der Waals surface area contributed by atoms with Crippen LogP contribution in [-0.2, 0) is 9.59 Å². The summed E-state index contributed by atoms with van der Waals surface area (Å²) in [4.78, 5) is 34.8. The predicted molar refractivity (Wildman–Crippen MR) is 101 cm³/mol. The Morgan fingerprint density at radius 2 is 1.46 bits per heavy atom. The van der Waals surface area contributed by atoms with Gasteiger partial charge in [0, 0.05) is 36.3 Å². The van der Waals surface area contributed by atoms with Crippen molar-refractivity contribution in [1.29, 1.82) is 0 Å². The molecule has 6 nitrogen and oxygen atoms in total. The molecule has 2 rings (SSSR count). The molecule has 2 aromatic rings. The molecule has 0 atom stereocenters. The highest BCUT2D eigenvalue weighted by Crippen LogP contribution is 2.19. The van der Waals surface area contributed by atoms with Crippen LogP contribution in [0, 0.1) is 11.8 Å². The molecule has 0 aliphatic heterocycles. The second-order valence-corrected chi connectivity index (χ2v) is 5.51. The van der Waals surface area contributed by atoms with Gasteiger partial charge in [0.1, 0.15) is 0 Å². The summed E-state index contributed by atoms with van der Waals surface area (Å²) in [6, 6.07) is 14.1. The van der Waals surface area contributed by atoms with Gasteiger partial charge in [-0.2, -0.15) is 0 Å². The van der Waals surface area contributed by atoms with Crippen molar-refractivity contribution in [3.63, 3.8) is 0 Å². The SMILES string of the molecule is CC(=O)Nc1cc(NC(C)=O)cc(C(=O)NCC#Cc2ccccc2)c1. The molecule has 0 radical (unpaired) electrons. The van der Waals surface area contributed by atoms with E-state index in [-0.39, 0.29) is 24.3 Å². The van der Waals surface area contributed by atoms with Crippen LogP contribution in [0.1, 0.15) is 29.8 Å². The molecule has 0 heterocycles. The van der Waals surface area contributed by atoms with Crippen LogP contribution in [0.5, 0.6) is 0 Å². The predicted octanol–water partition coefficient (Wildman–Crippen LogP) is 2.38. The molecule has 0 saturated heterocycles. The largest absolute Gasteiger partial charge is 0.341 e. The van der Waals surface area contributed by atoms with Gasteiger partial charge in [-0.05, 0) is 30.3 Å². The van der Waals surface area contributed by atoms with Crippen molar-refractivity contribution < 1.29 is 14.4 Å². The van der Waals surface area contributed by atoms with Crippen molar-refractivity contribution in [2.45, 2.75) is 13.8 Å². The third-order valence-electron chi connectivity index (χ3n) is 3.18. The number of rotatable bonds is 4. The van der Waals surface area contributed by atoms with Gasteiger partial charge in [0.25, 0.3) is 5.91 Å². The Kier molecular flexibility index (Phi) is 6.52. The molecule has 132 valence electrons. The van der Waals surface area contributed by atoms with Crippen LogP contribution in [0.2, 0.25) is 0 Å². The number of anilines is 2.